The topological polar surface area (TPSA) is 107 Å². The molecule has 0 saturated heterocycles. The number of urea groups is 1. The average molecular weight is 347 g/mol. The van der Waals surface area contributed by atoms with Gasteiger partial charge in [-0.25, -0.2) is 9.86 Å². The van der Waals surface area contributed by atoms with Crippen LogP contribution in [0.15, 0.2) is 41.6 Å². The zero-order valence-corrected chi connectivity index (χ0v) is 13.9. The molecule has 2 rings (SSSR count). The number of benzene rings is 2. The SMILES string of the molecule is COc1ccc2cc(COC/C=N/OCCN(O)C(N)=O)ccc2c1. The molecule has 3 N–H and O–H groups in total. The summed E-state index contributed by atoms with van der Waals surface area (Å²) in [6.45, 7) is 0.693. The van der Waals surface area contributed by atoms with E-state index >= 15 is 0 Å². The van der Waals surface area contributed by atoms with Crippen molar-refractivity contribution in [1.82, 2.24) is 5.06 Å². The number of nitrogens with two attached hydrogens (primary N) is 1. The summed E-state index contributed by atoms with van der Waals surface area (Å²) in [6, 6.07) is 11.0. The predicted octanol–water partition coefficient (Wildman–Crippen LogP) is 2.14. The van der Waals surface area contributed by atoms with Gasteiger partial charge in [0.25, 0.3) is 0 Å². The molecule has 2 amide bonds. The lowest BCUT2D eigenvalue weighted by Crippen LogP contribution is -2.34. The van der Waals surface area contributed by atoms with E-state index in [2.05, 4.69) is 11.2 Å². The molecule has 0 unspecified atom stereocenters. The summed E-state index contributed by atoms with van der Waals surface area (Å²) in [7, 11) is 1.65. The number of hydrogen-bond donors (Lipinski definition) is 2. The molecule has 0 fully saturated rings. The number of rotatable bonds is 9. The third-order valence-corrected chi connectivity index (χ3v) is 3.37. The lowest BCUT2D eigenvalue weighted by Gasteiger charge is -2.09. The fourth-order valence-corrected chi connectivity index (χ4v) is 2.09. The highest BCUT2D eigenvalue weighted by molar-refractivity contribution is 5.84. The Bertz CT molecular complexity index is 735. The van der Waals surface area contributed by atoms with Crippen molar-refractivity contribution < 1.29 is 24.3 Å². The zero-order valence-electron chi connectivity index (χ0n) is 13.9. The fourth-order valence-electron chi connectivity index (χ4n) is 2.09. The Balaban J connectivity index is 1.70. The quantitative estimate of drug-likeness (QED) is 0.313. The van der Waals surface area contributed by atoms with Crippen LogP contribution in [0.4, 0.5) is 4.79 Å². The minimum absolute atomic E-state index is 0.0318. The first-order chi connectivity index (χ1) is 12.1. The second-order valence-electron chi connectivity index (χ2n) is 5.15. The van der Waals surface area contributed by atoms with Gasteiger partial charge < -0.3 is 20.0 Å². The Morgan fingerprint density at radius 1 is 1.28 bits per heavy atom. The van der Waals surface area contributed by atoms with E-state index in [1.54, 1.807) is 7.11 Å². The molecular weight excluding hydrogens is 326 g/mol. The van der Waals surface area contributed by atoms with Gasteiger partial charge in [-0.3, -0.25) is 5.21 Å². The summed E-state index contributed by atoms with van der Waals surface area (Å²) in [5.41, 5.74) is 5.88. The number of methoxy groups -OCH3 is 1. The monoisotopic (exact) mass is 347 g/mol. The van der Waals surface area contributed by atoms with Crippen molar-refractivity contribution >= 4 is 23.0 Å². The molecule has 2 aromatic carbocycles. The number of amides is 2. The van der Waals surface area contributed by atoms with Crippen molar-refractivity contribution in [2.24, 2.45) is 10.9 Å². The average Bonchev–Trinajstić information content (AvgIpc) is 2.62. The molecule has 8 heteroatoms. The Morgan fingerprint density at radius 2 is 2.04 bits per heavy atom. The number of hydrogen-bond acceptors (Lipinski definition) is 6. The van der Waals surface area contributed by atoms with Crippen LogP contribution in [0.5, 0.6) is 5.75 Å². The number of oxime groups is 1. The Hall–Kier alpha value is -2.84. The molecule has 8 nitrogen and oxygen atoms in total. The first-order valence-corrected chi connectivity index (χ1v) is 7.64. The van der Waals surface area contributed by atoms with Crippen molar-refractivity contribution in [2.75, 3.05) is 26.9 Å². The maximum Gasteiger partial charge on any atom is 0.338 e. The van der Waals surface area contributed by atoms with Crippen LogP contribution in [0, 0.1) is 0 Å². The summed E-state index contributed by atoms with van der Waals surface area (Å²) >= 11 is 0. The molecule has 0 heterocycles. The van der Waals surface area contributed by atoms with Crippen LogP contribution in [0.25, 0.3) is 10.8 Å². The lowest BCUT2D eigenvalue weighted by molar-refractivity contribution is -0.0561. The van der Waals surface area contributed by atoms with Crippen LogP contribution in [-0.4, -0.2) is 49.4 Å². The number of hydroxylamine groups is 2. The first-order valence-electron chi connectivity index (χ1n) is 7.64. The number of fused-ring (bicyclic) bond motifs is 1. The standard InChI is InChI=1S/C17H21N3O5/c1-23-16-5-4-14-10-13(2-3-15(14)11-16)12-24-8-6-19-25-9-7-20(22)17(18)21/h2-6,10-11,22H,7-9,12H2,1H3,(H2,18,21)/b19-6+. The highest BCUT2D eigenvalue weighted by Crippen LogP contribution is 2.22. The third-order valence-electron chi connectivity index (χ3n) is 3.37. The normalized spacial score (nSPS) is 11.0. The molecule has 0 aromatic heterocycles. The van der Waals surface area contributed by atoms with Crippen LogP contribution >= 0.6 is 0 Å². The number of carbonyl (C=O) groups excluding carboxylic acids is 1. The molecular formula is C17H21N3O5. The highest BCUT2D eigenvalue weighted by Gasteiger charge is 2.03. The van der Waals surface area contributed by atoms with E-state index < -0.39 is 6.03 Å². The van der Waals surface area contributed by atoms with E-state index in [1.165, 1.54) is 6.21 Å². The van der Waals surface area contributed by atoms with Crippen molar-refractivity contribution in [3.63, 3.8) is 0 Å². The van der Waals surface area contributed by atoms with Gasteiger partial charge in [-0.05, 0) is 34.5 Å². The van der Waals surface area contributed by atoms with E-state index in [1.807, 2.05) is 30.3 Å². The fraction of sp³-hybridized carbons (Fsp3) is 0.294. The van der Waals surface area contributed by atoms with Crippen molar-refractivity contribution in [3.05, 3.63) is 42.0 Å². The molecule has 25 heavy (non-hydrogen) atoms. The number of carbonyl (C=O) groups is 1. The van der Waals surface area contributed by atoms with Crippen molar-refractivity contribution in [1.29, 1.82) is 0 Å². The molecule has 0 aliphatic heterocycles. The zero-order chi connectivity index (χ0) is 18.1. The second kappa shape index (κ2) is 9.45. The molecule has 0 aliphatic carbocycles. The van der Waals surface area contributed by atoms with Gasteiger partial charge in [-0.15, -0.1) is 0 Å². The van der Waals surface area contributed by atoms with Crippen LogP contribution in [0.2, 0.25) is 0 Å². The van der Waals surface area contributed by atoms with Crippen LogP contribution in [0.3, 0.4) is 0 Å². The molecule has 0 radical (unpaired) electrons. The summed E-state index contributed by atoms with van der Waals surface area (Å²) in [6.07, 6.45) is 1.46. The molecule has 0 saturated carbocycles. The molecule has 134 valence electrons. The van der Waals surface area contributed by atoms with Crippen LogP contribution < -0.4 is 10.5 Å². The highest BCUT2D eigenvalue weighted by atomic mass is 16.6. The van der Waals surface area contributed by atoms with Gasteiger partial charge in [-0.2, -0.15) is 0 Å². The summed E-state index contributed by atoms with van der Waals surface area (Å²) in [5, 5.41) is 15.2. The van der Waals surface area contributed by atoms with Gasteiger partial charge in [0.05, 0.1) is 33.1 Å². The van der Waals surface area contributed by atoms with Crippen LogP contribution in [0.1, 0.15) is 5.56 Å². The van der Waals surface area contributed by atoms with Gasteiger partial charge in [0, 0.05) is 0 Å². The first kappa shape index (κ1) is 18.5. The summed E-state index contributed by atoms with van der Waals surface area (Å²) in [5.74, 6) is 0.827. The van der Waals surface area contributed by atoms with Crippen molar-refractivity contribution in [3.8, 4) is 5.75 Å². The van der Waals surface area contributed by atoms with Gasteiger partial charge >= 0.3 is 6.03 Å². The molecule has 0 aliphatic rings. The minimum Gasteiger partial charge on any atom is -0.497 e. The van der Waals surface area contributed by atoms with E-state index in [0.717, 1.165) is 22.1 Å². The Morgan fingerprint density at radius 3 is 2.80 bits per heavy atom. The van der Waals surface area contributed by atoms with E-state index in [-0.39, 0.29) is 19.8 Å². The number of ether oxygens (including phenoxy) is 2. The predicted molar refractivity (Wildman–Crippen MR) is 92.7 cm³/mol. The maximum atomic E-state index is 10.5. The minimum atomic E-state index is -0.940. The molecule has 2 aromatic rings. The molecule has 0 bridgehead atoms. The summed E-state index contributed by atoms with van der Waals surface area (Å²) in [4.78, 5) is 15.4. The Kier molecular flexibility index (Phi) is 7.00. The third kappa shape index (κ3) is 5.94. The Labute approximate surface area is 145 Å². The number of primary amides is 1. The van der Waals surface area contributed by atoms with E-state index in [9.17, 15) is 4.79 Å². The van der Waals surface area contributed by atoms with Gasteiger partial charge in [0.2, 0.25) is 0 Å². The number of nitrogens with zero attached hydrogens (tertiary/aromatic N) is 2. The van der Waals surface area contributed by atoms with Crippen LogP contribution in [-0.2, 0) is 16.2 Å². The van der Waals surface area contributed by atoms with Gasteiger partial charge in [0.15, 0.2) is 0 Å². The largest absolute Gasteiger partial charge is 0.497 e. The molecule has 0 spiro atoms. The van der Waals surface area contributed by atoms with Gasteiger partial charge in [0.1, 0.15) is 12.4 Å². The smallest absolute Gasteiger partial charge is 0.338 e. The van der Waals surface area contributed by atoms with E-state index in [4.69, 9.17) is 25.3 Å². The van der Waals surface area contributed by atoms with E-state index in [0.29, 0.717) is 11.7 Å². The lowest BCUT2D eigenvalue weighted by atomic mass is 10.1. The second-order valence-corrected chi connectivity index (χ2v) is 5.15. The summed E-state index contributed by atoms with van der Waals surface area (Å²) < 4.78 is 10.7. The van der Waals surface area contributed by atoms with Crippen molar-refractivity contribution in [2.45, 2.75) is 6.61 Å². The molecule has 0 atom stereocenters. The van der Waals surface area contributed by atoms with Gasteiger partial charge in [-0.1, -0.05) is 23.4 Å². The maximum absolute atomic E-state index is 10.5.